The lowest BCUT2D eigenvalue weighted by molar-refractivity contribution is 0.177. The Kier molecular flexibility index (Phi) is 5.00. The molecule has 19 heavy (non-hydrogen) atoms. The summed E-state index contributed by atoms with van der Waals surface area (Å²) in [4.78, 5) is -0.691. The number of benzene rings is 1. The molecule has 1 rings (SSSR count). The number of hydrogen-bond donors (Lipinski definition) is 1. The molecule has 1 N–H and O–H groups in total. The van der Waals surface area contributed by atoms with Crippen LogP contribution in [0, 0.1) is 18.6 Å². The van der Waals surface area contributed by atoms with Crippen LogP contribution in [0.3, 0.4) is 0 Å². The van der Waals surface area contributed by atoms with E-state index < -0.39 is 32.7 Å². The first-order valence-electron chi connectivity index (χ1n) is 5.76. The lowest BCUT2D eigenvalue weighted by atomic mass is 10.2. The van der Waals surface area contributed by atoms with E-state index in [1.54, 1.807) is 0 Å². The van der Waals surface area contributed by atoms with Crippen molar-refractivity contribution in [3.8, 4) is 0 Å². The van der Waals surface area contributed by atoms with E-state index in [0.29, 0.717) is 6.07 Å². The fraction of sp³-hybridized carbons (Fsp3) is 0.500. The van der Waals surface area contributed by atoms with Crippen molar-refractivity contribution in [2.24, 2.45) is 0 Å². The van der Waals surface area contributed by atoms with Gasteiger partial charge in [-0.05, 0) is 38.0 Å². The number of rotatable bonds is 5. The van der Waals surface area contributed by atoms with E-state index in [9.17, 15) is 17.2 Å². The minimum atomic E-state index is -4.10. The van der Waals surface area contributed by atoms with Gasteiger partial charge in [-0.25, -0.2) is 21.5 Å². The normalized spacial score (nSPS) is 13.8. The predicted molar refractivity (Wildman–Crippen MR) is 67.2 cm³/mol. The maximum absolute atomic E-state index is 13.7. The number of aliphatic hydroxyl groups is 1. The molecule has 1 aromatic carbocycles. The van der Waals surface area contributed by atoms with Crippen LogP contribution in [0.15, 0.2) is 17.0 Å². The number of halogens is 2. The van der Waals surface area contributed by atoms with Gasteiger partial charge in [0.2, 0.25) is 10.0 Å². The van der Waals surface area contributed by atoms with E-state index in [4.69, 9.17) is 5.11 Å². The summed E-state index contributed by atoms with van der Waals surface area (Å²) < 4.78 is 52.1. The Morgan fingerprint density at radius 3 is 2.42 bits per heavy atom. The van der Waals surface area contributed by atoms with Crippen molar-refractivity contribution in [2.75, 3.05) is 13.6 Å². The minimum Gasteiger partial charge on any atom is -0.393 e. The van der Waals surface area contributed by atoms with Crippen molar-refractivity contribution < 1.29 is 22.3 Å². The molecule has 1 aromatic rings. The van der Waals surface area contributed by atoms with Crippen LogP contribution in [0.1, 0.15) is 18.9 Å². The molecule has 1 unspecified atom stereocenters. The summed E-state index contributed by atoms with van der Waals surface area (Å²) >= 11 is 0. The topological polar surface area (TPSA) is 57.6 Å². The molecular formula is C12H17F2NO3S. The van der Waals surface area contributed by atoms with Crippen molar-refractivity contribution >= 4 is 10.0 Å². The molecule has 0 aliphatic heterocycles. The van der Waals surface area contributed by atoms with E-state index in [2.05, 4.69) is 0 Å². The van der Waals surface area contributed by atoms with E-state index in [1.165, 1.54) is 20.9 Å². The highest BCUT2D eigenvalue weighted by molar-refractivity contribution is 7.89. The molecule has 4 nitrogen and oxygen atoms in total. The van der Waals surface area contributed by atoms with Crippen LogP contribution in [0.2, 0.25) is 0 Å². The van der Waals surface area contributed by atoms with Crippen LogP contribution >= 0.6 is 0 Å². The van der Waals surface area contributed by atoms with Crippen LogP contribution in [-0.2, 0) is 10.0 Å². The molecule has 7 heteroatoms. The zero-order valence-corrected chi connectivity index (χ0v) is 11.8. The molecule has 0 amide bonds. The predicted octanol–water partition coefficient (Wildman–Crippen LogP) is 1.66. The van der Waals surface area contributed by atoms with Crippen LogP contribution in [0.5, 0.6) is 0 Å². The number of hydrogen-bond acceptors (Lipinski definition) is 3. The molecule has 0 aliphatic rings. The second-order valence-electron chi connectivity index (χ2n) is 4.50. The first-order valence-corrected chi connectivity index (χ1v) is 7.20. The Bertz CT molecular complexity index is 558. The van der Waals surface area contributed by atoms with Gasteiger partial charge in [0.15, 0.2) is 0 Å². The Hall–Kier alpha value is -1.05. The number of aryl methyl sites for hydroxylation is 1. The van der Waals surface area contributed by atoms with Crippen LogP contribution < -0.4 is 0 Å². The van der Waals surface area contributed by atoms with Crippen molar-refractivity contribution in [2.45, 2.75) is 31.3 Å². The number of aliphatic hydroxyl groups excluding tert-OH is 1. The van der Waals surface area contributed by atoms with Gasteiger partial charge in [0.1, 0.15) is 16.5 Å². The van der Waals surface area contributed by atoms with Gasteiger partial charge in [-0.2, -0.15) is 0 Å². The maximum atomic E-state index is 13.7. The molecule has 0 aromatic heterocycles. The summed E-state index contributed by atoms with van der Waals surface area (Å²) in [6.07, 6.45) is -0.455. The molecule has 0 saturated carbocycles. The molecule has 0 radical (unpaired) electrons. The summed E-state index contributed by atoms with van der Waals surface area (Å²) in [6.45, 7) is 2.90. The molecular weight excluding hydrogens is 276 g/mol. The standard InChI is InChI=1S/C12H17F2NO3S/c1-8-6-11(14)12(7-10(8)13)19(17,18)15(3)5-4-9(2)16/h6-7,9,16H,4-5H2,1-3H3. The third kappa shape index (κ3) is 3.71. The molecule has 108 valence electrons. The first-order chi connectivity index (χ1) is 8.66. The summed E-state index contributed by atoms with van der Waals surface area (Å²) in [5.74, 6) is -1.76. The fourth-order valence-corrected chi connectivity index (χ4v) is 2.72. The Morgan fingerprint density at radius 2 is 1.89 bits per heavy atom. The van der Waals surface area contributed by atoms with E-state index in [-0.39, 0.29) is 18.5 Å². The monoisotopic (exact) mass is 293 g/mol. The highest BCUT2D eigenvalue weighted by Gasteiger charge is 2.25. The van der Waals surface area contributed by atoms with Gasteiger partial charge in [-0.3, -0.25) is 0 Å². The molecule has 0 fully saturated rings. The van der Waals surface area contributed by atoms with Gasteiger partial charge in [-0.1, -0.05) is 0 Å². The quantitative estimate of drug-likeness (QED) is 0.898. The summed E-state index contributed by atoms with van der Waals surface area (Å²) in [7, 11) is -2.84. The molecule has 0 heterocycles. The Balaban J connectivity index is 3.10. The minimum absolute atomic E-state index is 0.0228. The number of nitrogens with zero attached hydrogens (tertiary/aromatic N) is 1. The second kappa shape index (κ2) is 5.94. The van der Waals surface area contributed by atoms with Gasteiger partial charge in [0.05, 0.1) is 6.10 Å². The summed E-state index contributed by atoms with van der Waals surface area (Å²) in [5.41, 5.74) is 0.0445. The molecule has 1 atom stereocenters. The van der Waals surface area contributed by atoms with Crippen LogP contribution in [-0.4, -0.2) is 37.5 Å². The smallest absolute Gasteiger partial charge is 0.245 e. The molecule has 0 saturated heterocycles. The highest BCUT2D eigenvalue weighted by Crippen LogP contribution is 2.22. The zero-order valence-electron chi connectivity index (χ0n) is 11.0. The average molecular weight is 293 g/mol. The lowest BCUT2D eigenvalue weighted by Gasteiger charge is -2.18. The van der Waals surface area contributed by atoms with Crippen molar-refractivity contribution in [1.29, 1.82) is 0 Å². The van der Waals surface area contributed by atoms with E-state index in [0.717, 1.165) is 10.4 Å². The van der Waals surface area contributed by atoms with E-state index >= 15 is 0 Å². The summed E-state index contributed by atoms with van der Waals surface area (Å²) in [6, 6.07) is 1.53. The van der Waals surface area contributed by atoms with Gasteiger partial charge in [-0.15, -0.1) is 0 Å². The van der Waals surface area contributed by atoms with Crippen molar-refractivity contribution in [1.82, 2.24) is 4.31 Å². The lowest BCUT2D eigenvalue weighted by Crippen LogP contribution is -2.30. The highest BCUT2D eigenvalue weighted by atomic mass is 32.2. The van der Waals surface area contributed by atoms with Crippen molar-refractivity contribution in [3.05, 3.63) is 29.3 Å². The van der Waals surface area contributed by atoms with Crippen LogP contribution in [0.25, 0.3) is 0 Å². The Labute approximate surface area is 111 Å². The largest absolute Gasteiger partial charge is 0.393 e. The first kappa shape index (κ1) is 16.0. The third-order valence-corrected chi connectivity index (χ3v) is 4.64. The number of sulfonamides is 1. The molecule has 0 aliphatic carbocycles. The van der Waals surface area contributed by atoms with Gasteiger partial charge in [0, 0.05) is 13.6 Å². The Morgan fingerprint density at radius 1 is 1.32 bits per heavy atom. The third-order valence-electron chi connectivity index (χ3n) is 2.76. The average Bonchev–Trinajstić information content (AvgIpc) is 2.30. The second-order valence-corrected chi connectivity index (χ2v) is 6.51. The van der Waals surface area contributed by atoms with Crippen molar-refractivity contribution in [3.63, 3.8) is 0 Å². The van der Waals surface area contributed by atoms with Crippen LogP contribution in [0.4, 0.5) is 8.78 Å². The van der Waals surface area contributed by atoms with E-state index in [1.807, 2.05) is 0 Å². The van der Waals surface area contributed by atoms with Gasteiger partial charge >= 0.3 is 0 Å². The van der Waals surface area contributed by atoms with Gasteiger partial charge < -0.3 is 5.11 Å². The zero-order chi connectivity index (χ0) is 14.8. The molecule has 0 bridgehead atoms. The SMILES string of the molecule is Cc1cc(F)c(S(=O)(=O)N(C)CCC(C)O)cc1F. The van der Waals surface area contributed by atoms with Gasteiger partial charge in [0.25, 0.3) is 0 Å². The maximum Gasteiger partial charge on any atom is 0.245 e. The fourth-order valence-electron chi connectivity index (χ4n) is 1.48. The molecule has 0 spiro atoms. The summed E-state index contributed by atoms with van der Waals surface area (Å²) in [5, 5.41) is 9.12.